The highest BCUT2D eigenvalue weighted by atomic mass is 35.5. The summed E-state index contributed by atoms with van der Waals surface area (Å²) in [5.41, 5.74) is 1.56. The first-order chi connectivity index (χ1) is 14.4. The lowest BCUT2D eigenvalue weighted by Gasteiger charge is -2.19. The lowest BCUT2D eigenvalue weighted by atomic mass is 10.2. The number of carbonyl (C=O) groups excluding carboxylic acids is 1. The van der Waals surface area contributed by atoms with Crippen molar-refractivity contribution in [1.29, 1.82) is 0 Å². The van der Waals surface area contributed by atoms with Gasteiger partial charge in [0.2, 0.25) is 15.9 Å². The summed E-state index contributed by atoms with van der Waals surface area (Å²) < 4.78 is 32.1. The summed E-state index contributed by atoms with van der Waals surface area (Å²) in [5, 5.41) is 4.38. The van der Waals surface area contributed by atoms with Gasteiger partial charge in [-0.2, -0.15) is 4.31 Å². The maximum absolute atomic E-state index is 12.9. The minimum absolute atomic E-state index is 0.0565. The second-order valence-corrected chi connectivity index (χ2v) is 8.77. The predicted molar refractivity (Wildman–Crippen MR) is 117 cm³/mol. The molecule has 8 heteroatoms. The van der Waals surface area contributed by atoms with Gasteiger partial charge in [-0.3, -0.25) is 4.79 Å². The van der Waals surface area contributed by atoms with Gasteiger partial charge in [0.05, 0.1) is 19.4 Å². The molecule has 0 unspecified atom stereocenters. The second-order valence-electron chi connectivity index (χ2n) is 6.51. The summed E-state index contributed by atoms with van der Waals surface area (Å²) in [6.45, 7) is -0.157. The van der Waals surface area contributed by atoms with Gasteiger partial charge >= 0.3 is 0 Å². The number of hydrogen-bond donors (Lipinski definition) is 1. The summed E-state index contributed by atoms with van der Waals surface area (Å²) in [4.78, 5) is 12.5. The minimum atomic E-state index is -3.87. The molecule has 0 radical (unpaired) electrons. The molecule has 1 amide bonds. The Morgan fingerprint density at radius 2 is 1.87 bits per heavy atom. The molecule has 0 aliphatic heterocycles. The van der Waals surface area contributed by atoms with Gasteiger partial charge < -0.3 is 9.73 Å². The van der Waals surface area contributed by atoms with E-state index in [1.165, 1.54) is 12.3 Å². The molecule has 0 aliphatic rings. The standard InChI is InChI=1S/C22H21ClN2O4S/c23-20-9-4-8-19(14-20)15-24-22(26)17-25(16-21-10-5-12-29-21)30(27,28)13-11-18-6-2-1-3-7-18/h1-14H,15-17H2,(H,24,26)/b13-11+. The smallest absolute Gasteiger partial charge is 0.237 e. The molecule has 1 N–H and O–H groups in total. The molecule has 0 atom stereocenters. The predicted octanol–water partition coefficient (Wildman–Crippen LogP) is 4.05. The van der Waals surface area contributed by atoms with E-state index in [1.807, 2.05) is 24.3 Å². The molecule has 0 fully saturated rings. The van der Waals surface area contributed by atoms with Crippen LogP contribution in [0.2, 0.25) is 5.02 Å². The Morgan fingerprint density at radius 3 is 2.57 bits per heavy atom. The molecule has 30 heavy (non-hydrogen) atoms. The van der Waals surface area contributed by atoms with Crippen molar-refractivity contribution in [1.82, 2.24) is 9.62 Å². The molecular weight excluding hydrogens is 424 g/mol. The zero-order valence-electron chi connectivity index (χ0n) is 16.1. The van der Waals surface area contributed by atoms with Crippen molar-refractivity contribution in [3.05, 3.63) is 100 Å². The van der Waals surface area contributed by atoms with Gasteiger partial charge in [0.1, 0.15) is 5.76 Å². The number of hydrogen-bond acceptors (Lipinski definition) is 4. The van der Waals surface area contributed by atoms with Gasteiger partial charge in [0.15, 0.2) is 0 Å². The van der Waals surface area contributed by atoms with Crippen LogP contribution in [0, 0.1) is 0 Å². The molecule has 0 aliphatic carbocycles. The number of amides is 1. The van der Waals surface area contributed by atoms with Gasteiger partial charge in [-0.15, -0.1) is 0 Å². The Bertz CT molecular complexity index is 1100. The van der Waals surface area contributed by atoms with Crippen molar-refractivity contribution in [2.45, 2.75) is 13.1 Å². The number of nitrogens with zero attached hydrogens (tertiary/aromatic N) is 1. The summed E-state index contributed by atoms with van der Waals surface area (Å²) in [6.07, 6.45) is 2.95. The molecule has 0 bridgehead atoms. The number of benzene rings is 2. The van der Waals surface area contributed by atoms with E-state index >= 15 is 0 Å². The van der Waals surface area contributed by atoms with Gasteiger partial charge in [-0.25, -0.2) is 8.42 Å². The van der Waals surface area contributed by atoms with Gasteiger partial charge in [0, 0.05) is 17.0 Å². The van der Waals surface area contributed by atoms with E-state index in [4.69, 9.17) is 16.0 Å². The molecule has 2 aromatic carbocycles. The van der Waals surface area contributed by atoms with Crippen molar-refractivity contribution in [3.8, 4) is 0 Å². The van der Waals surface area contributed by atoms with E-state index in [0.717, 1.165) is 20.8 Å². The normalized spacial score (nSPS) is 11.8. The van der Waals surface area contributed by atoms with E-state index in [9.17, 15) is 13.2 Å². The summed E-state index contributed by atoms with van der Waals surface area (Å²) in [5.74, 6) is 0.00699. The Morgan fingerprint density at radius 1 is 1.07 bits per heavy atom. The summed E-state index contributed by atoms with van der Waals surface area (Å²) in [6, 6.07) is 19.5. The van der Waals surface area contributed by atoms with Crippen LogP contribution in [-0.2, 0) is 27.9 Å². The second kappa shape index (κ2) is 10.2. The minimum Gasteiger partial charge on any atom is -0.468 e. The van der Waals surface area contributed by atoms with Crippen LogP contribution in [0.15, 0.2) is 82.8 Å². The Kier molecular flexibility index (Phi) is 7.46. The maximum Gasteiger partial charge on any atom is 0.237 e. The Labute approximate surface area is 180 Å². The Hall–Kier alpha value is -2.87. The SMILES string of the molecule is O=C(CN(Cc1ccco1)S(=O)(=O)/C=C/c1ccccc1)NCc1cccc(Cl)c1. The number of rotatable bonds is 9. The van der Waals surface area contributed by atoms with Crippen LogP contribution in [0.25, 0.3) is 6.08 Å². The van der Waals surface area contributed by atoms with Gasteiger partial charge in [-0.05, 0) is 41.5 Å². The average Bonchev–Trinajstić information content (AvgIpc) is 3.24. The van der Waals surface area contributed by atoms with E-state index in [2.05, 4.69) is 5.32 Å². The van der Waals surface area contributed by atoms with Crippen LogP contribution >= 0.6 is 11.6 Å². The molecular formula is C22H21ClN2O4S. The average molecular weight is 445 g/mol. The van der Waals surface area contributed by atoms with E-state index < -0.39 is 15.9 Å². The quantitative estimate of drug-likeness (QED) is 0.540. The van der Waals surface area contributed by atoms with Crippen LogP contribution < -0.4 is 5.32 Å². The van der Waals surface area contributed by atoms with Crippen LogP contribution in [0.5, 0.6) is 0 Å². The van der Waals surface area contributed by atoms with Crippen LogP contribution in [-0.4, -0.2) is 25.2 Å². The zero-order valence-corrected chi connectivity index (χ0v) is 17.6. The number of carbonyl (C=O) groups is 1. The molecule has 156 valence electrons. The van der Waals surface area contributed by atoms with E-state index in [1.54, 1.807) is 42.5 Å². The molecule has 1 heterocycles. The monoisotopic (exact) mass is 444 g/mol. The fourth-order valence-corrected chi connectivity index (χ4v) is 4.01. The maximum atomic E-state index is 12.9. The highest BCUT2D eigenvalue weighted by Gasteiger charge is 2.23. The molecule has 0 saturated carbocycles. The largest absolute Gasteiger partial charge is 0.468 e. The fraction of sp³-hybridized carbons (Fsp3) is 0.136. The number of halogens is 1. The topological polar surface area (TPSA) is 79.6 Å². The van der Waals surface area contributed by atoms with Gasteiger partial charge in [0.25, 0.3) is 0 Å². The lowest BCUT2D eigenvalue weighted by Crippen LogP contribution is -2.39. The van der Waals surface area contributed by atoms with Crippen molar-refractivity contribution >= 4 is 33.6 Å². The van der Waals surface area contributed by atoms with Crippen molar-refractivity contribution in [2.75, 3.05) is 6.54 Å². The Balaban J connectivity index is 1.71. The first-order valence-electron chi connectivity index (χ1n) is 9.19. The molecule has 3 rings (SSSR count). The summed E-state index contributed by atoms with van der Waals surface area (Å²) >= 11 is 5.95. The lowest BCUT2D eigenvalue weighted by molar-refractivity contribution is -0.121. The highest BCUT2D eigenvalue weighted by molar-refractivity contribution is 7.92. The zero-order chi connectivity index (χ0) is 21.4. The molecule has 1 aromatic heterocycles. The summed E-state index contributed by atoms with van der Waals surface area (Å²) in [7, 11) is -3.87. The molecule has 3 aromatic rings. The third kappa shape index (κ3) is 6.59. The molecule has 6 nitrogen and oxygen atoms in total. The van der Waals surface area contributed by atoms with Crippen molar-refractivity contribution in [2.24, 2.45) is 0 Å². The molecule has 0 saturated heterocycles. The first-order valence-corrected chi connectivity index (χ1v) is 11.1. The first kappa shape index (κ1) is 21.8. The van der Waals surface area contributed by atoms with Crippen molar-refractivity contribution in [3.63, 3.8) is 0 Å². The number of nitrogens with one attached hydrogen (secondary N) is 1. The van der Waals surface area contributed by atoms with E-state index in [-0.39, 0.29) is 19.6 Å². The number of furan rings is 1. The van der Waals surface area contributed by atoms with Gasteiger partial charge in [-0.1, -0.05) is 54.1 Å². The van der Waals surface area contributed by atoms with Crippen molar-refractivity contribution < 1.29 is 17.6 Å². The van der Waals surface area contributed by atoms with Crippen LogP contribution in [0.3, 0.4) is 0 Å². The highest BCUT2D eigenvalue weighted by Crippen LogP contribution is 2.14. The molecule has 0 spiro atoms. The van der Waals surface area contributed by atoms with Crippen LogP contribution in [0.1, 0.15) is 16.9 Å². The number of sulfonamides is 1. The van der Waals surface area contributed by atoms with E-state index in [0.29, 0.717) is 10.8 Å². The third-order valence-electron chi connectivity index (χ3n) is 4.20. The van der Waals surface area contributed by atoms with Crippen LogP contribution in [0.4, 0.5) is 0 Å². The fourth-order valence-electron chi connectivity index (χ4n) is 2.69. The third-order valence-corrected chi connectivity index (χ3v) is 5.90.